The first-order valence-electron chi connectivity index (χ1n) is 3.54. The lowest BCUT2D eigenvalue weighted by Crippen LogP contribution is -2.23. The van der Waals surface area contributed by atoms with E-state index in [-0.39, 0.29) is 12.7 Å². The van der Waals surface area contributed by atoms with Gasteiger partial charge in [-0.1, -0.05) is 0 Å². The number of hydrogen-bond acceptors (Lipinski definition) is 1. The van der Waals surface area contributed by atoms with E-state index in [1.165, 1.54) is 13.1 Å². The highest BCUT2D eigenvalue weighted by atomic mass is 28.4. The molecule has 0 saturated heterocycles. The summed E-state index contributed by atoms with van der Waals surface area (Å²) in [5.74, 6) is 0. The fraction of sp³-hybridized carbons (Fsp3) is 1.00. The van der Waals surface area contributed by atoms with Crippen LogP contribution in [0.5, 0.6) is 0 Å². The molecule has 0 amide bonds. The van der Waals surface area contributed by atoms with Crippen LogP contribution in [0.4, 0.5) is 17.3 Å². The fourth-order valence-electron chi connectivity index (χ4n) is 0.503. The first-order chi connectivity index (χ1) is 5.21. The number of alkyl halides is 3. The monoisotopic (exact) mass is 204 g/mol. The van der Waals surface area contributed by atoms with E-state index < -0.39 is 21.2 Å². The minimum atomic E-state index is -4.30. The predicted molar refractivity (Wildman–Crippen MR) is 40.3 cm³/mol. The largest absolute Gasteiger partial charge is 0.411 e. The number of halogens is 4. The maximum atomic E-state index is 12.8. The lowest BCUT2D eigenvalue weighted by molar-refractivity contribution is -0.172. The molecule has 0 aromatic carbocycles. The van der Waals surface area contributed by atoms with Crippen LogP contribution in [0.2, 0.25) is 19.1 Å². The van der Waals surface area contributed by atoms with Gasteiger partial charge in [0.05, 0.1) is 0 Å². The summed E-state index contributed by atoms with van der Waals surface area (Å²) in [6.45, 7) is 1.45. The molecule has 6 heteroatoms. The Bertz CT molecular complexity index is 112. The van der Waals surface area contributed by atoms with E-state index in [2.05, 4.69) is 4.74 Å². The molecule has 1 nitrogen and oxygen atoms in total. The molecule has 0 aliphatic heterocycles. The Hall–Kier alpha value is -0.103. The quantitative estimate of drug-likeness (QED) is 0.296. The van der Waals surface area contributed by atoms with Gasteiger partial charge in [-0.3, -0.25) is 0 Å². The standard InChI is InChI=1S/C6H12F4OSi/c1-12(2,10)4-3-11-5-6(7,8)9/h3-5H2,1-2H3. The molecular weight excluding hydrogens is 192 g/mol. The van der Waals surface area contributed by atoms with Gasteiger partial charge in [-0.2, -0.15) is 13.2 Å². The molecule has 74 valence electrons. The van der Waals surface area contributed by atoms with Crippen LogP contribution < -0.4 is 0 Å². The van der Waals surface area contributed by atoms with E-state index >= 15 is 0 Å². The van der Waals surface area contributed by atoms with Gasteiger partial charge in [0.1, 0.15) is 6.61 Å². The van der Waals surface area contributed by atoms with Gasteiger partial charge in [0.2, 0.25) is 8.41 Å². The predicted octanol–water partition coefficient (Wildman–Crippen LogP) is 2.74. The number of ether oxygens (including phenoxy) is 1. The average Bonchev–Trinajstić information content (AvgIpc) is 1.76. The third kappa shape index (κ3) is 9.90. The highest BCUT2D eigenvalue weighted by Gasteiger charge is 2.28. The van der Waals surface area contributed by atoms with E-state index in [0.29, 0.717) is 0 Å². The van der Waals surface area contributed by atoms with Crippen molar-refractivity contribution in [3.05, 3.63) is 0 Å². The summed E-state index contributed by atoms with van der Waals surface area (Å²) in [5.41, 5.74) is 0. The summed E-state index contributed by atoms with van der Waals surface area (Å²) in [6, 6.07) is 0.114. The van der Waals surface area contributed by atoms with Gasteiger partial charge in [-0.15, -0.1) is 0 Å². The van der Waals surface area contributed by atoms with E-state index in [0.717, 1.165) is 0 Å². The fourth-order valence-corrected chi connectivity index (χ4v) is 1.13. The zero-order valence-corrected chi connectivity index (χ0v) is 8.04. The van der Waals surface area contributed by atoms with E-state index in [4.69, 9.17) is 0 Å². The topological polar surface area (TPSA) is 9.23 Å². The molecular formula is C6H12F4OSi. The lowest BCUT2D eigenvalue weighted by atomic mass is 10.7. The van der Waals surface area contributed by atoms with Crippen molar-refractivity contribution in [3.8, 4) is 0 Å². The molecule has 0 N–H and O–H groups in total. The summed E-state index contributed by atoms with van der Waals surface area (Å²) in [5, 5.41) is 0. The van der Waals surface area contributed by atoms with Crippen molar-refractivity contribution in [2.75, 3.05) is 13.2 Å². The zero-order valence-electron chi connectivity index (χ0n) is 7.04. The lowest BCUT2D eigenvalue weighted by Gasteiger charge is -2.11. The van der Waals surface area contributed by atoms with Crippen molar-refractivity contribution in [1.82, 2.24) is 0 Å². The molecule has 0 aromatic rings. The van der Waals surface area contributed by atoms with Crippen molar-refractivity contribution >= 4 is 8.41 Å². The third-order valence-electron chi connectivity index (χ3n) is 1.11. The second-order valence-electron chi connectivity index (χ2n) is 3.14. The summed E-state index contributed by atoms with van der Waals surface area (Å²) in [4.78, 5) is 0. The van der Waals surface area contributed by atoms with Crippen LogP contribution in [0.1, 0.15) is 0 Å². The molecule has 0 fully saturated rings. The normalized spacial score (nSPS) is 13.5. The summed E-state index contributed by atoms with van der Waals surface area (Å²) in [7, 11) is -2.75. The van der Waals surface area contributed by atoms with Gasteiger partial charge >= 0.3 is 6.18 Å². The number of rotatable bonds is 4. The maximum absolute atomic E-state index is 12.8. The summed E-state index contributed by atoms with van der Waals surface area (Å²) < 4.78 is 51.4. The van der Waals surface area contributed by atoms with Gasteiger partial charge < -0.3 is 8.84 Å². The van der Waals surface area contributed by atoms with E-state index in [1.54, 1.807) is 0 Å². The van der Waals surface area contributed by atoms with Crippen LogP contribution in [-0.4, -0.2) is 27.8 Å². The highest BCUT2D eigenvalue weighted by Crippen LogP contribution is 2.16. The van der Waals surface area contributed by atoms with E-state index in [1.807, 2.05) is 0 Å². The van der Waals surface area contributed by atoms with Crippen LogP contribution in [0.15, 0.2) is 0 Å². The van der Waals surface area contributed by atoms with E-state index in [9.17, 15) is 17.3 Å². The summed E-state index contributed by atoms with van der Waals surface area (Å²) >= 11 is 0. The van der Waals surface area contributed by atoms with Crippen LogP contribution in [0.3, 0.4) is 0 Å². The van der Waals surface area contributed by atoms with Crippen LogP contribution in [0, 0.1) is 0 Å². The van der Waals surface area contributed by atoms with Crippen molar-refractivity contribution in [3.63, 3.8) is 0 Å². The Balaban J connectivity index is 3.35. The Morgan fingerprint density at radius 1 is 1.25 bits per heavy atom. The van der Waals surface area contributed by atoms with Crippen LogP contribution >= 0.6 is 0 Å². The Labute approximate surface area is 69.9 Å². The molecule has 0 bridgehead atoms. The smallest absolute Gasteiger partial charge is 0.372 e. The Morgan fingerprint density at radius 3 is 2.08 bits per heavy atom. The third-order valence-corrected chi connectivity index (χ3v) is 2.50. The average molecular weight is 204 g/mol. The van der Waals surface area contributed by atoms with Crippen molar-refractivity contribution < 1.29 is 22.0 Å². The molecule has 0 unspecified atom stereocenters. The molecule has 0 aliphatic carbocycles. The van der Waals surface area contributed by atoms with Gasteiger partial charge in [0.25, 0.3) is 0 Å². The molecule has 0 radical (unpaired) electrons. The zero-order chi connectivity index (χ0) is 9.83. The van der Waals surface area contributed by atoms with Crippen molar-refractivity contribution in [1.29, 1.82) is 0 Å². The molecule has 0 aliphatic rings. The minimum absolute atomic E-state index is 0.114. The number of hydrogen-bond donors (Lipinski definition) is 0. The SMILES string of the molecule is C[Si](C)(F)CCOCC(F)(F)F. The molecule has 0 aromatic heterocycles. The molecule has 0 saturated carbocycles. The first kappa shape index (κ1) is 11.9. The van der Waals surface area contributed by atoms with Gasteiger partial charge in [-0.05, 0) is 19.1 Å². The minimum Gasteiger partial charge on any atom is -0.372 e. The molecule has 0 rings (SSSR count). The molecule has 0 heterocycles. The van der Waals surface area contributed by atoms with Gasteiger partial charge in [0, 0.05) is 6.61 Å². The Morgan fingerprint density at radius 2 is 1.75 bits per heavy atom. The van der Waals surface area contributed by atoms with Crippen molar-refractivity contribution in [2.45, 2.75) is 25.3 Å². The summed E-state index contributed by atoms with van der Waals surface area (Å²) in [6.07, 6.45) is -4.30. The second kappa shape index (κ2) is 4.22. The van der Waals surface area contributed by atoms with Crippen LogP contribution in [0.25, 0.3) is 0 Å². The maximum Gasteiger partial charge on any atom is 0.411 e. The van der Waals surface area contributed by atoms with Gasteiger partial charge in [-0.25, -0.2) is 0 Å². The van der Waals surface area contributed by atoms with Crippen molar-refractivity contribution in [2.24, 2.45) is 0 Å². The Kier molecular flexibility index (Phi) is 4.19. The first-order valence-corrected chi connectivity index (χ1v) is 6.63. The molecule has 0 spiro atoms. The highest BCUT2D eigenvalue weighted by molar-refractivity contribution is 6.70. The molecule has 12 heavy (non-hydrogen) atoms. The molecule has 0 atom stereocenters. The van der Waals surface area contributed by atoms with Crippen LogP contribution in [-0.2, 0) is 4.74 Å². The second-order valence-corrected chi connectivity index (χ2v) is 7.07. The van der Waals surface area contributed by atoms with Gasteiger partial charge in [0.15, 0.2) is 0 Å².